The van der Waals surface area contributed by atoms with Gasteiger partial charge in [-0.3, -0.25) is 4.79 Å². The van der Waals surface area contributed by atoms with E-state index in [-0.39, 0.29) is 17.6 Å². The van der Waals surface area contributed by atoms with Crippen LogP contribution >= 0.6 is 23.5 Å². The number of anilines is 1. The highest BCUT2D eigenvalue weighted by atomic mass is 32.2. The van der Waals surface area contributed by atoms with Gasteiger partial charge in [-0.1, -0.05) is 78.5 Å². The number of allylic oxidation sites excluding steroid dienone is 1. The number of rotatable bonds is 7. The maximum Gasteiger partial charge on any atom is 0.234 e. The Labute approximate surface area is 195 Å². The van der Waals surface area contributed by atoms with E-state index >= 15 is 0 Å². The number of aromatic nitrogens is 3. The maximum atomic E-state index is 12.5. The summed E-state index contributed by atoms with van der Waals surface area (Å²) in [7, 11) is 0. The number of carbonyl (C=O) groups excluding carboxylic acids is 1. The first-order chi connectivity index (χ1) is 15.8. The fourth-order valence-electron chi connectivity index (χ4n) is 3.80. The number of para-hydroxylation sites is 1. The van der Waals surface area contributed by atoms with Crippen molar-refractivity contribution in [2.24, 2.45) is 0 Å². The summed E-state index contributed by atoms with van der Waals surface area (Å²) in [5.74, 6) is 2.36. The largest absolute Gasteiger partial charge is 0.325 e. The summed E-state index contributed by atoms with van der Waals surface area (Å²) in [4.78, 5) is 12.5. The quantitative estimate of drug-likeness (QED) is 0.368. The predicted octanol–water partition coefficient (Wildman–Crippen LogP) is 5.55. The zero-order chi connectivity index (χ0) is 21.8. The van der Waals surface area contributed by atoms with Gasteiger partial charge in [0.05, 0.1) is 12.3 Å². The molecule has 1 amide bonds. The van der Waals surface area contributed by atoms with Gasteiger partial charge in [0.2, 0.25) is 5.91 Å². The van der Waals surface area contributed by atoms with E-state index < -0.39 is 0 Å². The molecule has 5 nitrogen and oxygen atoms in total. The molecule has 1 aromatic heterocycles. The molecule has 0 saturated carbocycles. The zero-order valence-electron chi connectivity index (χ0n) is 17.3. The lowest BCUT2D eigenvalue weighted by Gasteiger charge is -2.14. The lowest BCUT2D eigenvalue weighted by molar-refractivity contribution is -0.113. The molecule has 1 atom stereocenters. The molecule has 5 rings (SSSR count). The predicted molar refractivity (Wildman–Crippen MR) is 133 cm³/mol. The highest BCUT2D eigenvalue weighted by Crippen LogP contribution is 2.32. The van der Waals surface area contributed by atoms with Gasteiger partial charge in [0.25, 0.3) is 0 Å². The van der Waals surface area contributed by atoms with Crippen LogP contribution in [0.5, 0.6) is 0 Å². The Kier molecular flexibility index (Phi) is 6.27. The molecule has 3 aromatic carbocycles. The summed E-state index contributed by atoms with van der Waals surface area (Å²) in [6, 6.07) is 24.3. The number of nitrogens with zero attached hydrogens (tertiary/aromatic N) is 3. The molecule has 32 heavy (non-hydrogen) atoms. The van der Waals surface area contributed by atoms with Crippen molar-refractivity contribution in [2.45, 2.75) is 17.6 Å². The summed E-state index contributed by atoms with van der Waals surface area (Å²) < 4.78 is 2.17. The summed E-state index contributed by atoms with van der Waals surface area (Å²) >= 11 is 3.22. The molecule has 0 bridgehead atoms. The van der Waals surface area contributed by atoms with Crippen LogP contribution in [-0.2, 0) is 11.3 Å². The van der Waals surface area contributed by atoms with Crippen LogP contribution < -0.4 is 5.32 Å². The van der Waals surface area contributed by atoms with Crippen LogP contribution in [0.25, 0.3) is 10.8 Å². The minimum absolute atomic E-state index is 0.0567. The molecule has 0 radical (unpaired) electrons. The zero-order valence-corrected chi connectivity index (χ0v) is 19.0. The van der Waals surface area contributed by atoms with E-state index in [0.717, 1.165) is 22.4 Å². The molecular weight excluding hydrogens is 436 g/mol. The van der Waals surface area contributed by atoms with Crippen LogP contribution in [0.1, 0.15) is 17.3 Å². The van der Waals surface area contributed by atoms with Gasteiger partial charge in [0.1, 0.15) is 5.82 Å². The van der Waals surface area contributed by atoms with E-state index in [9.17, 15) is 4.79 Å². The van der Waals surface area contributed by atoms with Crippen molar-refractivity contribution in [2.75, 3.05) is 16.8 Å². The van der Waals surface area contributed by atoms with E-state index in [1.54, 1.807) is 11.8 Å². The normalized spacial score (nSPS) is 15.3. The fraction of sp³-hybridized carbons (Fsp3) is 0.160. The molecule has 0 aliphatic carbocycles. The smallest absolute Gasteiger partial charge is 0.234 e. The molecule has 0 fully saturated rings. The third kappa shape index (κ3) is 4.59. The number of thioether (sulfide) groups is 2. The van der Waals surface area contributed by atoms with Crippen molar-refractivity contribution in [1.82, 2.24) is 14.8 Å². The van der Waals surface area contributed by atoms with E-state index in [2.05, 4.69) is 74.0 Å². The minimum atomic E-state index is -0.0567. The van der Waals surface area contributed by atoms with Crippen LogP contribution in [0, 0.1) is 0 Å². The van der Waals surface area contributed by atoms with Crippen molar-refractivity contribution in [3.63, 3.8) is 0 Å². The number of carbonyl (C=O) groups is 1. The standard InChI is InChI=1S/C25H22N4OS2/c30-23(26-21-10-2-1-3-11-21)17-32-25-28-27-24(20-13-14-31-16-20)29(25)15-19-9-6-8-18-7-4-5-12-22(18)19/h1-14,20H,15-17H2,(H,26,30). The molecule has 1 aliphatic rings. The van der Waals surface area contributed by atoms with Crippen molar-refractivity contribution in [3.8, 4) is 0 Å². The first-order valence-corrected chi connectivity index (χ1v) is 12.5. The van der Waals surface area contributed by atoms with Gasteiger partial charge in [0.15, 0.2) is 5.16 Å². The molecule has 160 valence electrons. The van der Waals surface area contributed by atoms with E-state index in [1.165, 1.54) is 28.1 Å². The van der Waals surface area contributed by atoms with E-state index in [0.29, 0.717) is 6.54 Å². The van der Waals surface area contributed by atoms with Gasteiger partial charge in [0, 0.05) is 17.4 Å². The first-order valence-electron chi connectivity index (χ1n) is 10.4. The van der Waals surface area contributed by atoms with E-state index in [4.69, 9.17) is 0 Å². The minimum Gasteiger partial charge on any atom is -0.325 e. The van der Waals surface area contributed by atoms with Crippen LogP contribution in [0.15, 0.2) is 89.4 Å². The van der Waals surface area contributed by atoms with Crippen LogP contribution in [0.4, 0.5) is 5.69 Å². The monoisotopic (exact) mass is 458 g/mol. The van der Waals surface area contributed by atoms with E-state index in [1.807, 2.05) is 30.3 Å². The Bertz CT molecular complexity index is 1260. The third-order valence-electron chi connectivity index (χ3n) is 5.36. The second-order valence-electron chi connectivity index (χ2n) is 7.54. The van der Waals surface area contributed by atoms with Gasteiger partial charge >= 0.3 is 0 Å². The average molecular weight is 459 g/mol. The Hall–Kier alpha value is -3.03. The molecule has 2 heterocycles. The highest BCUT2D eigenvalue weighted by molar-refractivity contribution is 8.02. The van der Waals surface area contributed by atoms with Gasteiger partial charge < -0.3 is 9.88 Å². The number of amides is 1. The lowest BCUT2D eigenvalue weighted by atomic mass is 10.0. The summed E-state index contributed by atoms with van der Waals surface area (Å²) in [6.45, 7) is 0.668. The molecular formula is C25H22N4OS2. The Balaban J connectivity index is 1.40. The lowest BCUT2D eigenvalue weighted by Crippen LogP contribution is -2.15. The molecule has 1 N–H and O–H groups in total. The number of benzene rings is 3. The molecule has 4 aromatic rings. The molecule has 0 spiro atoms. The maximum absolute atomic E-state index is 12.5. The van der Waals surface area contributed by atoms with Crippen LogP contribution in [0.3, 0.4) is 0 Å². The number of hydrogen-bond donors (Lipinski definition) is 1. The first kappa shape index (κ1) is 20.8. The second kappa shape index (κ2) is 9.63. The highest BCUT2D eigenvalue weighted by Gasteiger charge is 2.23. The fourth-order valence-corrected chi connectivity index (χ4v) is 5.43. The number of fused-ring (bicyclic) bond motifs is 1. The summed E-state index contributed by atoms with van der Waals surface area (Å²) in [5, 5.41) is 17.3. The summed E-state index contributed by atoms with van der Waals surface area (Å²) in [6.07, 6.45) is 2.19. The van der Waals surface area contributed by atoms with Crippen LogP contribution in [0.2, 0.25) is 0 Å². The third-order valence-corrected chi connectivity index (χ3v) is 7.23. The van der Waals surface area contributed by atoms with Gasteiger partial charge in [-0.2, -0.15) is 0 Å². The molecule has 1 aliphatic heterocycles. The Morgan fingerprint density at radius 2 is 1.84 bits per heavy atom. The van der Waals surface area contributed by atoms with Gasteiger partial charge in [-0.15, -0.1) is 22.0 Å². The molecule has 1 unspecified atom stereocenters. The van der Waals surface area contributed by atoms with Gasteiger partial charge in [-0.05, 0) is 33.9 Å². The average Bonchev–Trinajstić information content (AvgIpc) is 3.49. The summed E-state index contributed by atoms with van der Waals surface area (Å²) in [5.41, 5.74) is 2.01. The van der Waals surface area contributed by atoms with Gasteiger partial charge in [-0.25, -0.2) is 0 Å². The second-order valence-corrected chi connectivity index (χ2v) is 9.42. The number of hydrogen-bond acceptors (Lipinski definition) is 5. The number of nitrogens with one attached hydrogen (secondary N) is 1. The van der Waals surface area contributed by atoms with Crippen LogP contribution in [-0.4, -0.2) is 32.2 Å². The molecule has 7 heteroatoms. The van der Waals surface area contributed by atoms with Crippen molar-refractivity contribution >= 4 is 45.9 Å². The molecule has 0 saturated heterocycles. The SMILES string of the molecule is O=C(CSc1nnc(C2C=CSC2)n1Cc1cccc2ccccc12)Nc1ccccc1. The topological polar surface area (TPSA) is 59.8 Å². The Morgan fingerprint density at radius 3 is 2.69 bits per heavy atom. The van der Waals surface area contributed by atoms with Crippen molar-refractivity contribution < 1.29 is 4.79 Å². The Morgan fingerprint density at radius 1 is 1.03 bits per heavy atom. The van der Waals surface area contributed by atoms with Crippen molar-refractivity contribution in [1.29, 1.82) is 0 Å². The van der Waals surface area contributed by atoms with Crippen molar-refractivity contribution in [3.05, 3.63) is 95.7 Å².